The van der Waals surface area contributed by atoms with Crippen molar-refractivity contribution in [1.29, 1.82) is 0 Å². The van der Waals surface area contributed by atoms with Gasteiger partial charge in [0.1, 0.15) is 11.9 Å². The number of hydrogen-bond donors (Lipinski definition) is 4. The number of carbonyl (C=O) groups excluding carboxylic acids is 5. The lowest BCUT2D eigenvalue weighted by atomic mass is 10.0. The average Bonchev–Trinajstić information content (AvgIpc) is 3.36. The maximum atomic E-state index is 13.3. The van der Waals surface area contributed by atoms with Crippen LogP contribution in [-0.2, 0) is 25.5 Å². The number of rotatable bonds is 14. The van der Waals surface area contributed by atoms with E-state index in [9.17, 15) is 24.0 Å². The number of carbonyl (C=O) groups is 5. The standard InChI is InChI=1S/C37H38N8O6/c1-23-21-30(42-37(39-23)41-26-13-11-25(12-14-26)40-32(47)22-24-7-4-3-5-8-24)44(2)18-20-51-19-17-38-28-10-6-9-27-33(28)36(50)45(35(27)49)29-15-16-31(46)43-34(29)48/h3-14,21,29,38H,15-20,22H2,1-2H3,(H,40,47)(H,39,41,42)(H,43,46,48). The lowest BCUT2D eigenvalue weighted by Crippen LogP contribution is -2.54. The van der Waals surface area contributed by atoms with E-state index >= 15 is 0 Å². The summed E-state index contributed by atoms with van der Waals surface area (Å²) in [6.07, 6.45) is 0.454. The van der Waals surface area contributed by atoms with Gasteiger partial charge >= 0.3 is 0 Å². The topological polar surface area (TPSA) is 175 Å². The van der Waals surface area contributed by atoms with E-state index in [1.54, 1.807) is 18.2 Å². The molecule has 0 radical (unpaired) electrons. The number of amides is 5. The summed E-state index contributed by atoms with van der Waals surface area (Å²) in [4.78, 5) is 74.8. The summed E-state index contributed by atoms with van der Waals surface area (Å²) in [5.74, 6) is -1.13. The molecule has 4 aromatic rings. The number of benzene rings is 3. The van der Waals surface area contributed by atoms with Crippen LogP contribution >= 0.6 is 0 Å². The van der Waals surface area contributed by atoms with Crippen LogP contribution in [0.1, 0.15) is 44.8 Å². The first-order valence-corrected chi connectivity index (χ1v) is 16.6. The first kappa shape index (κ1) is 34.7. The maximum Gasteiger partial charge on any atom is 0.264 e. The number of ether oxygens (including phenoxy) is 1. The molecule has 51 heavy (non-hydrogen) atoms. The zero-order chi connectivity index (χ0) is 35.9. The minimum atomic E-state index is -1.02. The van der Waals surface area contributed by atoms with Gasteiger partial charge in [-0.15, -0.1) is 0 Å². The summed E-state index contributed by atoms with van der Waals surface area (Å²) < 4.78 is 5.84. The molecule has 1 aromatic heterocycles. The molecular formula is C37H38N8O6. The van der Waals surface area contributed by atoms with Crippen molar-refractivity contribution < 1.29 is 28.7 Å². The molecule has 2 aliphatic rings. The van der Waals surface area contributed by atoms with Crippen molar-refractivity contribution in [3.8, 4) is 0 Å². The van der Waals surface area contributed by atoms with Crippen molar-refractivity contribution in [3.63, 3.8) is 0 Å². The fourth-order valence-electron chi connectivity index (χ4n) is 5.89. The lowest BCUT2D eigenvalue weighted by Gasteiger charge is -2.27. The smallest absolute Gasteiger partial charge is 0.264 e. The van der Waals surface area contributed by atoms with Crippen molar-refractivity contribution in [1.82, 2.24) is 20.2 Å². The Hall–Kier alpha value is -6.15. The molecule has 6 rings (SSSR count). The SMILES string of the molecule is Cc1cc(N(C)CCOCCNc2cccc3c2C(=O)N(C2CCC(=O)NC2=O)C3=O)nc(Nc2ccc(NC(=O)Cc3ccccc3)cc2)n1. The summed E-state index contributed by atoms with van der Waals surface area (Å²) in [5, 5.41) is 11.5. The fourth-order valence-corrected chi connectivity index (χ4v) is 5.89. The van der Waals surface area contributed by atoms with Crippen LogP contribution in [0, 0.1) is 6.92 Å². The predicted molar refractivity (Wildman–Crippen MR) is 191 cm³/mol. The van der Waals surface area contributed by atoms with Crippen LogP contribution in [0.25, 0.3) is 0 Å². The van der Waals surface area contributed by atoms with Crippen LogP contribution in [0.5, 0.6) is 0 Å². The summed E-state index contributed by atoms with van der Waals surface area (Å²) in [5.41, 5.74) is 4.08. The van der Waals surface area contributed by atoms with Crippen molar-refractivity contribution >= 4 is 58.4 Å². The molecule has 0 spiro atoms. The van der Waals surface area contributed by atoms with E-state index < -0.39 is 29.7 Å². The summed E-state index contributed by atoms with van der Waals surface area (Å²) in [6.45, 7) is 3.53. The van der Waals surface area contributed by atoms with Crippen molar-refractivity contribution in [3.05, 3.63) is 101 Å². The van der Waals surface area contributed by atoms with Crippen LogP contribution in [-0.4, -0.2) is 83.8 Å². The van der Waals surface area contributed by atoms with Crippen LogP contribution in [0.3, 0.4) is 0 Å². The van der Waals surface area contributed by atoms with E-state index in [1.165, 1.54) is 0 Å². The number of piperidine rings is 1. The van der Waals surface area contributed by atoms with Crippen molar-refractivity contribution in [2.45, 2.75) is 32.2 Å². The lowest BCUT2D eigenvalue weighted by molar-refractivity contribution is -0.136. The van der Waals surface area contributed by atoms with Gasteiger partial charge in [0.15, 0.2) is 0 Å². The summed E-state index contributed by atoms with van der Waals surface area (Å²) >= 11 is 0. The zero-order valence-corrected chi connectivity index (χ0v) is 28.3. The van der Waals surface area contributed by atoms with E-state index in [4.69, 9.17) is 4.74 Å². The number of hydrogen-bond acceptors (Lipinski definition) is 11. The van der Waals surface area contributed by atoms with E-state index in [1.807, 2.05) is 79.5 Å². The minimum Gasteiger partial charge on any atom is -0.382 e. The Morgan fingerprint density at radius 3 is 2.47 bits per heavy atom. The summed E-state index contributed by atoms with van der Waals surface area (Å²) in [6, 6.07) is 22.7. The molecule has 2 aliphatic heterocycles. The molecule has 5 amide bonds. The number of likely N-dealkylation sites (N-methyl/N-ethyl adjacent to an activating group) is 1. The number of aromatic nitrogens is 2. The van der Waals surface area contributed by atoms with Crippen LogP contribution in [0.2, 0.25) is 0 Å². The third kappa shape index (κ3) is 8.36. The third-order valence-corrected chi connectivity index (χ3v) is 8.47. The normalized spacial score (nSPS) is 15.3. The van der Waals surface area contributed by atoms with Gasteiger partial charge in [0, 0.05) is 55.4 Å². The minimum absolute atomic E-state index is 0.0596. The molecular weight excluding hydrogens is 652 g/mol. The zero-order valence-electron chi connectivity index (χ0n) is 28.3. The second kappa shape index (κ2) is 15.6. The van der Waals surface area contributed by atoms with Gasteiger partial charge < -0.3 is 25.6 Å². The molecule has 3 aromatic carbocycles. The average molecular weight is 691 g/mol. The van der Waals surface area contributed by atoms with Gasteiger partial charge in [-0.1, -0.05) is 36.4 Å². The number of nitrogens with one attached hydrogen (secondary N) is 4. The number of aryl methyl sites for hydroxylation is 1. The van der Waals surface area contributed by atoms with Gasteiger partial charge in [0.05, 0.1) is 30.8 Å². The second-order valence-electron chi connectivity index (χ2n) is 12.2. The van der Waals surface area contributed by atoms with Crippen molar-refractivity contribution in [2.24, 2.45) is 0 Å². The van der Waals surface area contributed by atoms with Gasteiger partial charge in [0.2, 0.25) is 23.7 Å². The van der Waals surface area contributed by atoms with Crippen LogP contribution in [0.4, 0.5) is 28.8 Å². The van der Waals surface area contributed by atoms with Crippen LogP contribution in [0.15, 0.2) is 78.9 Å². The Kier molecular flexibility index (Phi) is 10.6. The molecule has 4 N–H and O–H groups in total. The molecule has 0 aliphatic carbocycles. The van der Waals surface area contributed by atoms with Gasteiger partial charge in [-0.25, -0.2) is 4.98 Å². The molecule has 1 unspecified atom stereocenters. The van der Waals surface area contributed by atoms with Gasteiger partial charge in [-0.05, 0) is 55.3 Å². The molecule has 3 heterocycles. The van der Waals surface area contributed by atoms with Gasteiger partial charge in [0.25, 0.3) is 11.8 Å². The first-order chi connectivity index (χ1) is 24.7. The first-order valence-electron chi connectivity index (χ1n) is 16.6. The Balaban J connectivity index is 0.958. The van der Waals surface area contributed by atoms with E-state index in [0.29, 0.717) is 55.9 Å². The van der Waals surface area contributed by atoms with E-state index in [2.05, 4.69) is 31.2 Å². The monoisotopic (exact) mass is 690 g/mol. The fraction of sp³-hybridized carbons (Fsp3) is 0.270. The second-order valence-corrected chi connectivity index (χ2v) is 12.2. The van der Waals surface area contributed by atoms with E-state index in [-0.39, 0.29) is 29.9 Å². The number of fused-ring (bicyclic) bond motifs is 1. The number of anilines is 5. The highest BCUT2D eigenvalue weighted by atomic mass is 16.5. The Morgan fingerprint density at radius 1 is 0.941 bits per heavy atom. The third-order valence-electron chi connectivity index (χ3n) is 8.47. The molecule has 262 valence electrons. The molecule has 1 saturated heterocycles. The quantitative estimate of drug-likeness (QED) is 0.112. The number of imide groups is 2. The van der Waals surface area contributed by atoms with Gasteiger partial charge in [-0.3, -0.25) is 34.2 Å². The molecule has 14 heteroatoms. The molecule has 1 atom stereocenters. The highest BCUT2D eigenvalue weighted by molar-refractivity contribution is 6.25. The van der Waals surface area contributed by atoms with Crippen LogP contribution < -0.4 is 26.2 Å². The predicted octanol–water partition coefficient (Wildman–Crippen LogP) is 3.68. The molecule has 14 nitrogen and oxygen atoms in total. The summed E-state index contributed by atoms with van der Waals surface area (Å²) in [7, 11) is 1.91. The van der Waals surface area contributed by atoms with E-state index in [0.717, 1.165) is 21.8 Å². The van der Waals surface area contributed by atoms with Gasteiger partial charge in [-0.2, -0.15) is 4.98 Å². The maximum absolute atomic E-state index is 13.3. The highest BCUT2D eigenvalue weighted by Gasteiger charge is 2.45. The highest BCUT2D eigenvalue weighted by Crippen LogP contribution is 2.32. The molecule has 1 fully saturated rings. The number of nitrogens with zero attached hydrogens (tertiary/aromatic N) is 4. The largest absolute Gasteiger partial charge is 0.382 e. The molecule has 0 bridgehead atoms. The molecule has 0 saturated carbocycles. The Morgan fingerprint density at radius 2 is 1.71 bits per heavy atom. The Labute approximate surface area is 294 Å². The van der Waals surface area contributed by atoms with Crippen molar-refractivity contribution in [2.75, 3.05) is 54.2 Å². The Bertz CT molecular complexity index is 1950.